The van der Waals surface area contributed by atoms with Gasteiger partial charge in [0.2, 0.25) is 5.91 Å². The Balaban J connectivity index is 1.61. The zero-order chi connectivity index (χ0) is 18.0. The number of nitrogens with zero attached hydrogens (tertiary/aromatic N) is 2. The summed E-state index contributed by atoms with van der Waals surface area (Å²) in [5.41, 5.74) is -0.489. The summed E-state index contributed by atoms with van der Waals surface area (Å²) in [4.78, 5) is 27.9. The van der Waals surface area contributed by atoms with Gasteiger partial charge in [-0.3, -0.25) is 9.59 Å². The van der Waals surface area contributed by atoms with Gasteiger partial charge in [0.1, 0.15) is 0 Å². The van der Waals surface area contributed by atoms with E-state index in [-0.39, 0.29) is 24.9 Å². The number of amides is 2. The molecule has 2 fully saturated rings. The van der Waals surface area contributed by atoms with E-state index in [1.807, 2.05) is 0 Å². The second-order valence-corrected chi connectivity index (χ2v) is 6.23. The number of rotatable bonds is 2. The summed E-state index contributed by atoms with van der Waals surface area (Å²) >= 11 is 0. The summed E-state index contributed by atoms with van der Waals surface area (Å²) in [6.45, 7) is 2.74. The molecule has 2 aliphatic heterocycles. The second-order valence-electron chi connectivity index (χ2n) is 6.23. The van der Waals surface area contributed by atoms with E-state index < -0.39 is 28.9 Å². The lowest BCUT2D eigenvalue weighted by Gasteiger charge is -2.35. The van der Waals surface area contributed by atoms with Crippen molar-refractivity contribution in [3.05, 3.63) is 35.1 Å². The highest BCUT2D eigenvalue weighted by Gasteiger charge is 2.32. The van der Waals surface area contributed by atoms with Crippen molar-refractivity contribution in [1.82, 2.24) is 9.80 Å². The van der Waals surface area contributed by atoms with Crippen molar-refractivity contribution in [2.45, 2.75) is 12.8 Å². The predicted molar refractivity (Wildman–Crippen MR) is 82.3 cm³/mol. The molecular formula is C17H19F3N2O3. The first kappa shape index (κ1) is 17.7. The average Bonchev–Trinajstić information content (AvgIpc) is 2.66. The number of piperidine rings is 1. The molecule has 2 amide bonds. The van der Waals surface area contributed by atoms with Crippen LogP contribution in [0, 0.1) is 23.4 Å². The lowest BCUT2D eigenvalue weighted by Crippen LogP contribution is -2.47. The second kappa shape index (κ2) is 7.43. The molecule has 25 heavy (non-hydrogen) atoms. The van der Waals surface area contributed by atoms with E-state index in [4.69, 9.17) is 4.74 Å². The Kier molecular flexibility index (Phi) is 5.27. The normalized spacial score (nSPS) is 19.2. The zero-order valence-electron chi connectivity index (χ0n) is 13.6. The highest BCUT2D eigenvalue weighted by Crippen LogP contribution is 2.23. The van der Waals surface area contributed by atoms with Crippen LogP contribution in [-0.4, -0.2) is 61.0 Å². The highest BCUT2D eigenvalue weighted by atomic mass is 19.2. The number of halogens is 3. The van der Waals surface area contributed by atoms with Crippen molar-refractivity contribution in [3.63, 3.8) is 0 Å². The Hall–Kier alpha value is -2.09. The quantitative estimate of drug-likeness (QED) is 0.760. The molecule has 0 aliphatic carbocycles. The van der Waals surface area contributed by atoms with Gasteiger partial charge in [-0.2, -0.15) is 0 Å². The molecule has 0 N–H and O–H groups in total. The Morgan fingerprint density at radius 2 is 1.56 bits per heavy atom. The molecular weight excluding hydrogens is 337 g/mol. The van der Waals surface area contributed by atoms with Gasteiger partial charge in [0, 0.05) is 32.1 Å². The van der Waals surface area contributed by atoms with Gasteiger partial charge in [-0.25, -0.2) is 13.2 Å². The Morgan fingerprint density at radius 3 is 2.20 bits per heavy atom. The number of carbonyl (C=O) groups is 2. The number of morpholine rings is 1. The fourth-order valence-corrected chi connectivity index (χ4v) is 3.23. The van der Waals surface area contributed by atoms with E-state index in [0.29, 0.717) is 39.1 Å². The largest absolute Gasteiger partial charge is 0.378 e. The molecule has 2 heterocycles. The number of ether oxygens (including phenoxy) is 1. The Labute approximate surface area is 143 Å². The molecule has 5 nitrogen and oxygen atoms in total. The fraction of sp³-hybridized carbons (Fsp3) is 0.529. The first-order chi connectivity index (χ1) is 12.0. The monoisotopic (exact) mass is 356 g/mol. The third kappa shape index (κ3) is 3.63. The summed E-state index contributed by atoms with van der Waals surface area (Å²) in [5, 5.41) is 0. The molecule has 0 radical (unpaired) electrons. The van der Waals surface area contributed by atoms with Crippen LogP contribution in [0.1, 0.15) is 23.2 Å². The van der Waals surface area contributed by atoms with Crippen LogP contribution in [0.25, 0.3) is 0 Å². The van der Waals surface area contributed by atoms with Crippen LogP contribution in [-0.2, 0) is 9.53 Å². The Morgan fingerprint density at radius 1 is 0.920 bits per heavy atom. The molecule has 0 saturated carbocycles. The van der Waals surface area contributed by atoms with Crippen LogP contribution < -0.4 is 0 Å². The van der Waals surface area contributed by atoms with Crippen LogP contribution in [0.3, 0.4) is 0 Å². The molecule has 136 valence electrons. The van der Waals surface area contributed by atoms with E-state index in [0.717, 1.165) is 12.1 Å². The molecule has 2 aliphatic rings. The molecule has 1 aromatic carbocycles. The van der Waals surface area contributed by atoms with Crippen molar-refractivity contribution in [3.8, 4) is 0 Å². The van der Waals surface area contributed by atoms with Gasteiger partial charge in [-0.1, -0.05) is 0 Å². The molecule has 1 aromatic rings. The van der Waals surface area contributed by atoms with Crippen molar-refractivity contribution in [1.29, 1.82) is 0 Å². The SMILES string of the molecule is O=C(c1ccc(F)c(F)c1F)N1CCC(C(=O)N2CCOCC2)CC1. The summed E-state index contributed by atoms with van der Waals surface area (Å²) < 4.78 is 45.3. The molecule has 3 rings (SSSR count). The predicted octanol–water partition coefficient (Wildman–Crippen LogP) is 1.81. The number of hydrogen-bond acceptors (Lipinski definition) is 3. The lowest BCUT2D eigenvalue weighted by atomic mass is 9.94. The van der Waals surface area contributed by atoms with Crippen LogP contribution in [0.4, 0.5) is 13.2 Å². The van der Waals surface area contributed by atoms with E-state index in [9.17, 15) is 22.8 Å². The molecule has 0 spiro atoms. The van der Waals surface area contributed by atoms with Crippen LogP contribution in [0.15, 0.2) is 12.1 Å². The minimum absolute atomic E-state index is 0.0504. The van der Waals surface area contributed by atoms with Crippen LogP contribution in [0.5, 0.6) is 0 Å². The van der Waals surface area contributed by atoms with Gasteiger partial charge in [-0.05, 0) is 25.0 Å². The molecule has 0 unspecified atom stereocenters. The van der Waals surface area contributed by atoms with Gasteiger partial charge in [-0.15, -0.1) is 0 Å². The van der Waals surface area contributed by atoms with Crippen molar-refractivity contribution in [2.24, 2.45) is 5.92 Å². The standard InChI is InChI=1S/C17H19F3N2O3/c18-13-2-1-12(14(19)15(13)20)17(24)21-5-3-11(4-6-21)16(23)22-7-9-25-10-8-22/h1-2,11H,3-10H2. The minimum atomic E-state index is -1.65. The summed E-state index contributed by atoms with van der Waals surface area (Å²) in [6.07, 6.45) is 0.931. The van der Waals surface area contributed by atoms with Gasteiger partial charge < -0.3 is 14.5 Å². The Bertz CT molecular complexity index is 669. The molecule has 2 saturated heterocycles. The highest BCUT2D eigenvalue weighted by molar-refractivity contribution is 5.94. The molecule has 0 aromatic heterocycles. The number of carbonyl (C=O) groups excluding carboxylic acids is 2. The van der Waals surface area contributed by atoms with Crippen molar-refractivity contribution >= 4 is 11.8 Å². The third-order valence-corrected chi connectivity index (χ3v) is 4.72. The van der Waals surface area contributed by atoms with Gasteiger partial charge in [0.25, 0.3) is 5.91 Å². The first-order valence-electron chi connectivity index (χ1n) is 8.28. The maximum absolute atomic E-state index is 13.8. The smallest absolute Gasteiger partial charge is 0.256 e. The van der Waals surface area contributed by atoms with Gasteiger partial charge in [0.15, 0.2) is 17.5 Å². The van der Waals surface area contributed by atoms with E-state index in [2.05, 4.69) is 0 Å². The third-order valence-electron chi connectivity index (χ3n) is 4.72. The number of likely N-dealkylation sites (tertiary alicyclic amines) is 1. The number of hydrogen-bond donors (Lipinski definition) is 0. The summed E-state index contributed by atoms with van der Waals surface area (Å²) in [6, 6.07) is 1.68. The molecule has 0 atom stereocenters. The molecule has 0 bridgehead atoms. The zero-order valence-corrected chi connectivity index (χ0v) is 13.6. The average molecular weight is 356 g/mol. The van der Waals surface area contributed by atoms with E-state index >= 15 is 0 Å². The van der Waals surface area contributed by atoms with Gasteiger partial charge in [0.05, 0.1) is 18.8 Å². The van der Waals surface area contributed by atoms with Crippen LogP contribution >= 0.6 is 0 Å². The van der Waals surface area contributed by atoms with Crippen molar-refractivity contribution < 1.29 is 27.5 Å². The lowest BCUT2D eigenvalue weighted by molar-refractivity contribution is -0.141. The van der Waals surface area contributed by atoms with Gasteiger partial charge >= 0.3 is 0 Å². The summed E-state index contributed by atoms with van der Waals surface area (Å²) in [7, 11) is 0. The van der Waals surface area contributed by atoms with Crippen LogP contribution in [0.2, 0.25) is 0 Å². The topological polar surface area (TPSA) is 49.9 Å². The van der Waals surface area contributed by atoms with E-state index in [1.54, 1.807) is 4.90 Å². The fourth-order valence-electron chi connectivity index (χ4n) is 3.23. The molecule has 8 heteroatoms. The maximum Gasteiger partial charge on any atom is 0.256 e. The minimum Gasteiger partial charge on any atom is -0.378 e. The first-order valence-corrected chi connectivity index (χ1v) is 8.28. The van der Waals surface area contributed by atoms with Crippen molar-refractivity contribution in [2.75, 3.05) is 39.4 Å². The number of benzene rings is 1. The summed E-state index contributed by atoms with van der Waals surface area (Å²) in [5.74, 6) is -5.27. The maximum atomic E-state index is 13.8. The van der Waals surface area contributed by atoms with E-state index in [1.165, 1.54) is 4.90 Å².